The van der Waals surface area contributed by atoms with Crippen molar-refractivity contribution in [1.82, 2.24) is 14.8 Å². The summed E-state index contributed by atoms with van der Waals surface area (Å²) < 4.78 is 1.41. The molecule has 8 nitrogen and oxygen atoms in total. The monoisotopic (exact) mass is 380 g/mol. The molecule has 8 heteroatoms. The summed E-state index contributed by atoms with van der Waals surface area (Å²) in [5.74, 6) is -1.50. The van der Waals surface area contributed by atoms with Crippen molar-refractivity contribution in [2.45, 2.75) is 26.2 Å². The average Bonchev–Trinajstić information content (AvgIpc) is 3.27. The first-order valence-corrected chi connectivity index (χ1v) is 8.99. The van der Waals surface area contributed by atoms with Gasteiger partial charge in [-0.3, -0.25) is 4.57 Å². The summed E-state index contributed by atoms with van der Waals surface area (Å²) in [5.41, 5.74) is 3.62. The number of fused-ring (bicyclic) bond motifs is 1. The number of aromatic carboxylic acids is 1. The molecule has 4 rings (SSSR count). The molecule has 0 atom stereocenters. The first-order chi connectivity index (χ1) is 13.4. The Morgan fingerprint density at radius 1 is 1.14 bits per heavy atom. The van der Waals surface area contributed by atoms with Crippen molar-refractivity contribution in [3.63, 3.8) is 0 Å². The number of hydrogen-bond acceptors (Lipinski definition) is 6. The quantitative estimate of drug-likeness (QED) is 0.549. The van der Waals surface area contributed by atoms with Crippen LogP contribution in [0.25, 0.3) is 17.1 Å². The minimum Gasteiger partial charge on any atom is -0.508 e. The highest BCUT2D eigenvalue weighted by molar-refractivity contribution is 5.86. The predicted octanol–water partition coefficient (Wildman–Crippen LogP) is 3.14. The van der Waals surface area contributed by atoms with E-state index in [0.717, 1.165) is 24.2 Å². The zero-order valence-electron chi connectivity index (χ0n) is 15.5. The minimum atomic E-state index is -1.22. The van der Waals surface area contributed by atoms with E-state index in [4.69, 9.17) is 0 Å². The molecular weight excluding hydrogens is 360 g/mol. The molecule has 0 amide bonds. The summed E-state index contributed by atoms with van der Waals surface area (Å²) in [7, 11) is 0. The molecular formula is C20H20N4O4. The summed E-state index contributed by atoms with van der Waals surface area (Å²) in [6.45, 7) is 4.66. The zero-order chi connectivity index (χ0) is 20.0. The third kappa shape index (κ3) is 2.83. The maximum atomic E-state index is 11.7. The van der Waals surface area contributed by atoms with Gasteiger partial charge in [0.25, 0.3) is 0 Å². The van der Waals surface area contributed by atoms with E-state index in [-0.39, 0.29) is 29.1 Å². The number of nitrogens with one attached hydrogen (secondary N) is 1. The van der Waals surface area contributed by atoms with Crippen LogP contribution in [0, 0.1) is 0 Å². The van der Waals surface area contributed by atoms with Gasteiger partial charge in [-0.05, 0) is 47.7 Å². The van der Waals surface area contributed by atoms with Crippen LogP contribution in [-0.4, -0.2) is 42.6 Å². The van der Waals surface area contributed by atoms with Crippen LogP contribution in [0.5, 0.6) is 11.5 Å². The van der Waals surface area contributed by atoms with Gasteiger partial charge in [0, 0.05) is 24.0 Å². The molecule has 0 radical (unpaired) electrons. The molecule has 2 heterocycles. The Kier molecular flexibility index (Phi) is 4.18. The number of carboxylic acids is 1. The Labute approximate surface area is 161 Å². The van der Waals surface area contributed by atoms with Gasteiger partial charge in [0.1, 0.15) is 11.5 Å². The van der Waals surface area contributed by atoms with Crippen LogP contribution in [0.4, 0.5) is 5.69 Å². The molecule has 0 saturated carbocycles. The number of nitrogens with zero attached hydrogens (tertiary/aromatic N) is 3. The van der Waals surface area contributed by atoms with Crippen LogP contribution >= 0.6 is 0 Å². The number of aromatic hydroxyl groups is 2. The van der Waals surface area contributed by atoms with Crippen molar-refractivity contribution in [3.8, 4) is 28.6 Å². The van der Waals surface area contributed by atoms with Crippen molar-refractivity contribution in [2.75, 3.05) is 11.9 Å². The van der Waals surface area contributed by atoms with E-state index in [1.807, 2.05) is 26.0 Å². The van der Waals surface area contributed by atoms with E-state index in [2.05, 4.69) is 15.5 Å². The predicted molar refractivity (Wildman–Crippen MR) is 103 cm³/mol. The lowest BCUT2D eigenvalue weighted by atomic mass is 9.98. The van der Waals surface area contributed by atoms with Crippen LogP contribution in [0.15, 0.2) is 30.3 Å². The highest BCUT2D eigenvalue weighted by atomic mass is 16.4. The Morgan fingerprint density at radius 2 is 1.93 bits per heavy atom. The van der Waals surface area contributed by atoms with E-state index in [0.29, 0.717) is 16.8 Å². The van der Waals surface area contributed by atoms with Crippen molar-refractivity contribution < 1.29 is 20.1 Å². The second-order valence-corrected chi connectivity index (χ2v) is 7.09. The molecule has 0 saturated heterocycles. The van der Waals surface area contributed by atoms with Crippen molar-refractivity contribution in [3.05, 3.63) is 47.3 Å². The Balaban J connectivity index is 1.95. The lowest BCUT2D eigenvalue weighted by molar-refractivity contribution is 0.0681. The van der Waals surface area contributed by atoms with E-state index >= 15 is 0 Å². The number of rotatable bonds is 4. The Hall–Kier alpha value is -3.55. The first kappa shape index (κ1) is 17.8. The van der Waals surface area contributed by atoms with Gasteiger partial charge in [0.15, 0.2) is 5.82 Å². The smallest absolute Gasteiger partial charge is 0.374 e. The van der Waals surface area contributed by atoms with E-state index in [9.17, 15) is 20.1 Å². The SMILES string of the molecule is CC(C)c1cc(-c2nnc(C(=O)O)n2-c2ccc3c(c2)CCN3)c(O)cc1O. The summed E-state index contributed by atoms with van der Waals surface area (Å²) in [4.78, 5) is 11.7. The molecule has 144 valence electrons. The van der Waals surface area contributed by atoms with Gasteiger partial charge >= 0.3 is 5.97 Å². The summed E-state index contributed by atoms with van der Waals surface area (Å²) in [6, 6.07) is 8.45. The van der Waals surface area contributed by atoms with Crippen LogP contribution in [0.3, 0.4) is 0 Å². The number of aromatic nitrogens is 3. The molecule has 1 aliphatic rings. The van der Waals surface area contributed by atoms with Gasteiger partial charge in [0.2, 0.25) is 5.82 Å². The number of carbonyl (C=O) groups is 1. The molecule has 2 aromatic carbocycles. The standard InChI is InChI=1S/C20H20N4O4/c1-10(2)13-8-14(17(26)9-16(13)25)18-22-23-19(20(27)28)24(18)12-3-4-15-11(7-12)5-6-21-15/h3-4,7-10,21,25-26H,5-6H2,1-2H3,(H,27,28). The third-order valence-corrected chi connectivity index (χ3v) is 4.92. The maximum Gasteiger partial charge on any atom is 0.374 e. The van der Waals surface area contributed by atoms with Gasteiger partial charge in [-0.15, -0.1) is 10.2 Å². The summed E-state index contributed by atoms with van der Waals surface area (Å²) in [5, 5.41) is 41.3. The van der Waals surface area contributed by atoms with Gasteiger partial charge < -0.3 is 20.6 Å². The first-order valence-electron chi connectivity index (χ1n) is 8.99. The Morgan fingerprint density at radius 3 is 2.64 bits per heavy atom. The number of carboxylic acid groups (broad SMARTS) is 1. The second kappa shape index (κ2) is 6.56. The highest BCUT2D eigenvalue weighted by Crippen LogP contribution is 2.38. The molecule has 0 fully saturated rings. The molecule has 0 unspecified atom stereocenters. The molecule has 0 spiro atoms. The van der Waals surface area contributed by atoms with E-state index in [1.54, 1.807) is 12.1 Å². The average molecular weight is 380 g/mol. The molecule has 4 N–H and O–H groups in total. The second-order valence-electron chi connectivity index (χ2n) is 7.09. The van der Waals surface area contributed by atoms with Gasteiger partial charge in [-0.2, -0.15) is 0 Å². The number of benzene rings is 2. The molecule has 1 aromatic heterocycles. The summed E-state index contributed by atoms with van der Waals surface area (Å²) in [6.07, 6.45) is 0.838. The maximum absolute atomic E-state index is 11.7. The lowest BCUT2D eigenvalue weighted by Crippen LogP contribution is -2.09. The van der Waals surface area contributed by atoms with Gasteiger partial charge in [-0.1, -0.05) is 13.8 Å². The fourth-order valence-electron chi connectivity index (χ4n) is 3.51. The van der Waals surface area contributed by atoms with Gasteiger partial charge in [-0.25, -0.2) is 4.79 Å². The van der Waals surface area contributed by atoms with Crippen LogP contribution in [0.2, 0.25) is 0 Å². The minimum absolute atomic E-state index is 0.000680. The number of hydrogen-bond donors (Lipinski definition) is 4. The zero-order valence-corrected chi connectivity index (χ0v) is 15.5. The van der Waals surface area contributed by atoms with Crippen LogP contribution in [0.1, 0.15) is 41.5 Å². The molecule has 1 aliphatic heterocycles. The molecule has 0 aliphatic carbocycles. The van der Waals surface area contributed by atoms with E-state index < -0.39 is 5.97 Å². The van der Waals surface area contributed by atoms with Crippen molar-refractivity contribution in [1.29, 1.82) is 0 Å². The Bertz CT molecular complexity index is 1090. The van der Waals surface area contributed by atoms with Crippen LogP contribution in [-0.2, 0) is 6.42 Å². The molecule has 3 aromatic rings. The fourth-order valence-corrected chi connectivity index (χ4v) is 3.51. The van der Waals surface area contributed by atoms with E-state index in [1.165, 1.54) is 10.6 Å². The summed E-state index contributed by atoms with van der Waals surface area (Å²) >= 11 is 0. The normalized spacial score (nSPS) is 12.8. The highest BCUT2D eigenvalue weighted by Gasteiger charge is 2.25. The number of phenolic OH excluding ortho intramolecular Hbond substituents is 2. The van der Waals surface area contributed by atoms with Crippen LogP contribution < -0.4 is 5.32 Å². The number of phenols is 2. The molecule has 28 heavy (non-hydrogen) atoms. The topological polar surface area (TPSA) is 120 Å². The number of anilines is 1. The van der Waals surface area contributed by atoms with Gasteiger partial charge in [0.05, 0.1) is 5.56 Å². The van der Waals surface area contributed by atoms with Crippen molar-refractivity contribution >= 4 is 11.7 Å². The third-order valence-electron chi connectivity index (χ3n) is 4.92. The largest absolute Gasteiger partial charge is 0.508 e. The fraction of sp³-hybridized carbons (Fsp3) is 0.250. The lowest BCUT2D eigenvalue weighted by Gasteiger charge is -2.14. The van der Waals surface area contributed by atoms with Crippen molar-refractivity contribution in [2.24, 2.45) is 0 Å². The molecule has 0 bridgehead atoms.